The molecule has 0 radical (unpaired) electrons. The SMILES string of the molecule is c1ccc(-c2ccccc2-c2c3ccccc3c(-c3cccc(-c4nc5ccccc5n4-c4ccccc4)c3)c3ccccc23)cc1. The van der Waals surface area contributed by atoms with Crippen molar-refractivity contribution in [2.75, 3.05) is 0 Å². The molecule has 0 spiro atoms. The van der Waals surface area contributed by atoms with Crippen LogP contribution in [0.15, 0.2) is 182 Å². The first-order valence-electron chi connectivity index (χ1n) is 16.1. The van der Waals surface area contributed by atoms with Crippen LogP contribution in [0.25, 0.3) is 83.0 Å². The van der Waals surface area contributed by atoms with Gasteiger partial charge < -0.3 is 0 Å². The summed E-state index contributed by atoms with van der Waals surface area (Å²) in [5, 5.41) is 4.95. The van der Waals surface area contributed by atoms with E-state index in [-0.39, 0.29) is 0 Å². The van der Waals surface area contributed by atoms with E-state index in [9.17, 15) is 0 Å². The molecule has 0 N–H and O–H groups in total. The van der Waals surface area contributed by atoms with Gasteiger partial charge in [0.2, 0.25) is 0 Å². The molecule has 1 aromatic heterocycles. The van der Waals surface area contributed by atoms with Gasteiger partial charge in [-0.15, -0.1) is 0 Å². The smallest absolute Gasteiger partial charge is 0.145 e. The van der Waals surface area contributed by atoms with Crippen LogP contribution in [0.5, 0.6) is 0 Å². The van der Waals surface area contributed by atoms with Gasteiger partial charge in [0.25, 0.3) is 0 Å². The Morgan fingerprint density at radius 1 is 0.362 bits per heavy atom. The summed E-state index contributed by atoms with van der Waals surface area (Å²) in [6, 6.07) is 65.1. The molecule has 0 bridgehead atoms. The van der Waals surface area contributed by atoms with Crippen molar-refractivity contribution in [3.05, 3.63) is 182 Å². The van der Waals surface area contributed by atoms with Crippen LogP contribution in [0.4, 0.5) is 0 Å². The first-order valence-corrected chi connectivity index (χ1v) is 16.1. The first-order chi connectivity index (χ1) is 23.3. The van der Waals surface area contributed by atoms with Crippen molar-refractivity contribution in [1.82, 2.24) is 9.55 Å². The van der Waals surface area contributed by atoms with Crippen molar-refractivity contribution in [3.63, 3.8) is 0 Å². The van der Waals surface area contributed by atoms with Gasteiger partial charge in [-0.1, -0.05) is 152 Å². The quantitative estimate of drug-likeness (QED) is 0.180. The maximum atomic E-state index is 5.17. The van der Waals surface area contributed by atoms with E-state index in [2.05, 4.69) is 187 Å². The second-order valence-electron chi connectivity index (χ2n) is 11.9. The number of aromatic nitrogens is 2. The first kappa shape index (κ1) is 27.1. The topological polar surface area (TPSA) is 17.8 Å². The highest BCUT2D eigenvalue weighted by Gasteiger charge is 2.20. The molecule has 8 aromatic carbocycles. The lowest BCUT2D eigenvalue weighted by Crippen LogP contribution is -1.97. The van der Waals surface area contributed by atoms with Crippen molar-refractivity contribution < 1.29 is 0 Å². The predicted molar refractivity (Wildman–Crippen MR) is 198 cm³/mol. The number of imidazole rings is 1. The molecule has 9 rings (SSSR count). The molecule has 0 aliphatic carbocycles. The van der Waals surface area contributed by atoms with Crippen LogP contribution in [0, 0.1) is 0 Å². The number of nitrogens with zero attached hydrogens (tertiary/aromatic N) is 2. The van der Waals surface area contributed by atoms with Gasteiger partial charge in [0.15, 0.2) is 0 Å². The summed E-state index contributed by atoms with van der Waals surface area (Å²) in [5.74, 6) is 0.932. The van der Waals surface area contributed by atoms with Gasteiger partial charge in [-0.3, -0.25) is 4.57 Å². The maximum absolute atomic E-state index is 5.17. The van der Waals surface area contributed by atoms with E-state index in [0.717, 1.165) is 28.1 Å². The van der Waals surface area contributed by atoms with Crippen molar-refractivity contribution in [2.45, 2.75) is 0 Å². The fourth-order valence-corrected chi connectivity index (χ4v) is 7.17. The lowest BCUT2D eigenvalue weighted by atomic mass is 9.83. The molecular weight excluding hydrogens is 569 g/mol. The fraction of sp³-hybridized carbons (Fsp3) is 0. The van der Waals surface area contributed by atoms with Crippen LogP contribution >= 0.6 is 0 Å². The normalized spacial score (nSPS) is 11.4. The molecule has 0 atom stereocenters. The number of benzene rings is 8. The molecule has 0 unspecified atom stereocenters. The molecule has 0 fully saturated rings. The number of rotatable bonds is 5. The highest BCUT2D eigenvalue weighted by Crippen LogP contribution is 2.46. The maximum Gasteiger partial charge on any atom is 0.145 e. The largest absolute Gasteiger partial charge is 0.292 e. The Morgan fingerprint density at radius 2 is 0.872 bits per heavy atom. The summed E-state index contributed by atoms with van der Waals surface area (Å²) in [6.45, 7) is 0. The zero-order valence-electron chi connectivity index (χ0n) is 25.7. The van der Waals surface area contributed by atoms with Crippen molar-refractivity contribution >= 4 is 32.6 Å². The highest BCUT2D eigenvalue weighted by atomic mass is 15.1. The standard InChI is InChI=1S/C45H30N2/c1-3-16-31(17-4-1)35-22-7-8-23-36(35)44-39-26-11-9-24-37(39)43(38-25-10-12-27-40(38)44)32-18-15-19-33(30-32)45-46-41-28-13-14-29-42(41)47(45)34-20-5-2-6-21-34/h1-30H. The van der Waals surface area contributed by atoms with Crippen LogP contribution in [-0.4, -0.2) is 9.55 Å². The molecule has 47 heavy (non-hydrogen) atoms. The van der Waals surface area contributed by atoms with Gasteiger partial charge in [-0.05, 0) is 85.3 Å². The van der Waals surface area contributed by atoms with E-state index < -0.39 is 0 Å². The third-order valence-electron chi connectivity index (χ3n) is 9.20. The van der Waals surface area contributed by atoms with E-state index in [0.29, 0.717) is 0 Å². The van der Waals surface area contributed by atoms with E-state index in [1.807, 2.05) is 0 Å². The summed E-state index contributed by atoms with van der Waals surface area (Å²) in [7, 11) is 0. The van der Waals surface area contributed by atoms with Crippen LogP contribution in [0.2, 0.25) is 0 Å². The van der Waals surface area contributed by atoms with Crippen molar-refractivity contribution in [3.8, 4) is 50.5 Å². The highest BCUT2D eigenvalue weighted by molar-refractivity contribution is 6.22. The summed E-state index contributed by atoms with van der Waals surface area (Å²) in [5.41, 5.74) is 11.6. The average molecular weight is 599 g/mol. The Kier molecular flexibility index (Phi) is 6.50. The van der Waals surface area contributed by atoms with Gasteiger partial charge >= 0.3 is 0 Å². The molecule has 0 saturated carbocycles. The molecule has 2 heteroatoms. The number of fused-ring (bicyclic) bond motifs is 3. The van der Waals surface area contributed by atoms with Crippen LogP contribution in [0.1, 0.15) is 0 Å². The van der Waals surface area contributed by atoms with E-state index >= 15 is 0 Å². The fourth-order valence-electron chi connectivity index (χ4n) is 7.17. The lowest BCUT2D eigenvalue weighted by molar-refractivity contribution is 1.10. The molecule has 0 saturated heterocycles. The Hall–Kier alpha value is -6.25. The van der Waals surface area contributed by atoms with E-state index in [1.165, 1.54) is 54.9 Å². The Morgan fingerprint density at radius 3 is 1.57 bits per heavy atom. The van der Waals surface area contributed by atoms with Crippen LogP contribution in [-0.2, 0) is 0 Å². The third kappa shape index (κ3) is 4.54. The molecule has 0 aliphatic rings. The zero-order chi connectivity index (χ0) is 31.2. The summed E-state index contributed by atoms with van der Waals surface area (Å²) < 4.78 is 2.27. The van der Waals surface area contributed by atoms with Crippen molar-refractivity contribution in [1.29, 1.82) is 0 Å². The van der Waals surface area contributed by atoms with Crippen LogP contribution < -0.4 is 0 Å². The molecule has 220 valence electrons. The number of hydrogen-bond donors (Lipinski definition) is 0. The Balaban J connectivity index is 1.31. The summed E-state index contributed by atoms with van der Waals surface area (Å²) >= 11 is 0. The molecular formula is C45H30N2. The van der Waals surface area contributed by atoms with Gasteiger partial charge in [0, 0.05) is 11.3 Å². The third-order valence-corrected chi connectivity index (χ3v) is 9.20. The second kappa shape index (κ2) is 11.3. The van der Waals surface area contributed by atoms with E-state index in [1.54, 1.807) is 0 Å². The van der Waals surface area contributed by atoms with Gasteiger partial charge in [-0.25, -0.2) is 4.98 Å². The van der Waals surface area contributed by atoms with Crippen molar-refractivity contribution in [2.24, 2.45) is 0 Å². The molecule has 9 aromatic rings. The summed E-state index contributed by atoms with van der Waals surface area (Å²) in [6.07, 6.45) is 0. The molecule has 1 heterocycles. The summed E-state index contributed by atoms with van der Waals surface area (Å²) in [4.78, 5) is 5.17. The monoisotopic (exact) mass is 598 g/mol. The minimum Gasteiger partial charge on any atom is -0.292 e. The Labute approximate surface area is 273 Å². The van der Waals surface area contributed by atoms with Crippen LogP contribution in [0.3, 0.4) is 0 Å². The minimum atomic E-state index is 0.932. The second-order valence-corrected chi connectivity index (χ2v) is 11.9. The predicted octanol–water partition coefficient (Wildman–Crippen LogP) is 12.0. The average Bonchev–Trinajstić information content (AvgIpc) is 3.54. The number of para-hydroxylation sites is 3. The minimum absolute atomic E-state index is 0.932. The zero-order valence-corrected chi connectivity index (χ0v) is 25.7. The lowest BCUT2D eigenvalue weighted by Gasteiger charge is -2.20. The van der Waals surface area contributed by atoms with Gasteiger partial charge in [-0.2, -0.15) is 0 Å². The molecule has 0 aliphatic heterocycles. The van der Waals surface area contributed by atoms with E-state index in [4.69, 9.17) is 4.98 Å². The van der Waals surface area contributed by atoms with Gasteiger partial charge in [0.1, 0.15) is 5.82 Å². The number of hydrogen-bond acceptors (Lipinski definition) is 1. The molecule has 2 nitrogen and oxygen atoms in total. The van der Waals surface area contributed by atoms with Gasteiger partial charge in [0.05, 0.1) is 11.0 Å². The molecule has 0 amide bonds. The Bertz CT molecular complexity index is 2500.